The Morgan fingerprint density at radius 2 is 1.75 bits per heavy atom. The molecule has 0 spiro atoms. The molecule has 1 aliphatic heterocycles. The molecule has 1 aliphatic rings. The summed E-state index contributed by atoms with van der Waals surface area (Å²) in [6.45, 7) is 7.36. The zero-order valence-corrected chi connectivity index (χ0v) is 17.6. The van der Waals surface area contributed by atoms with Gasteiger partial charge in [-0.2, -0.15) is 0 Å². The lowest BCUT2D eigenvalue weighted by atomic mass is 10.0. The molecule has 0 unspecified atom stereocenters. The zero-order chi connectivity index (χ0) is 20.8. The molecule has 0 radical (unpaired) electrons. The summed E-state index contributed by atoms with van der Waals surface area (Å²) in [6, 6.07) is 8.12. The van der Waals surface area contributed by atoms with Crippen molar-refractivity contribution in [3.63, 3.8) is 0 Å². The molecule has 2 amide bonds. The number of hydrogen-bond acceptors (Lipinski definition) is 4. The van der Waals surface area contributed by atoms with Crippen molar-refractivity contribution in [3.8, 4) is 0 Å². The Kier molecular flexibility index (Phi) is 5.25. The van der Waals surface area contributed by atoms with E-state index in [0.29, 0.717) is 5.69 Å². The van der Waals surface area contributed by atoms with E-state index in [1.54, 1.807) is 6.92 Å². The quantitative estimate of drug-likeness (QED) is 0.817. The molecule has 6 nitrogen and oxygen atoms in total. The highest BCUT2D eigenvalue weighted by molar-refractivity contribution is 7.94. The van der Waals surface area contributed by atoms with Crippen molar-refractivity contribution in [2.45, 2.75) is 27.7 Å². The average Bonchev–Trinajstić information content (AvgIpc) is 2.77. The molecule has 1 fully saturated rings. The van der Waals surface area contributed by atoms with E-state index < -0.39 is 27.8 Å². The van der Waals surface area contributed by atoms with Gasteiger partial charge in [-0.25, -0.2) is 12.7 Å². The first-order valence-corrected chi connectivity index (χ1v) is 10.8. The van der Waals surface area contributed by atoms with Crippen LogP contribution in [0.15, 0.2) is 30.3 Å². The number of hydrogen-bond donors (Lipinski definition) is 1. The van der Waals surface area contributed by atoms with Gasteiger partial charge in [0.15, 0.2) is 0 Å². The number of halogens is 1. The summed E-state index contributed by atoms with van der Waals surface area (Å²) in [5.74, 6) is -1.76. The first-order chi connectivity index (χ1) is 13.0. The largest absolute Gasteiger partial charge is 0.321 e. The number of aryl methyl sites for hydroxylation is 3. The predicted molar refractivity (Wildman–Crippen MR) is 110 cm³/mol. The van der Waals surface area contributed by atoms with Gasteiger partial charge in [0.05, 0.1) is 27.9 Å². The summed E-state index contributed by atoms with van der Waals surface area (Å²) in [7, 11) is -3.73. The fourth-order valence-corrected chi connectivity index (χ4v) is 5.53. The summed E-state index contributed by atoms with van der Waals surface area (Å²) in [5, 5.41) is 2.93. The van der Waals surface area contributed by atoms with E-state index in [0.717, 1.165) is 21.0 Å². The Balaban J connectivity index is 1.91. The van der Waals surface area contributed by atoms with E-state index in [2.05, 4.69) is 5.32 Å². The molecule has 0 saturated carbocycles. The summed E-state index contributed by atoms with van der Waals surface area (Å²) in [5.41, 5.74) is 4.01. The van der Waals surface area contributed by atoms with Crippen molar-refractivity contribution in [2.24, 2.45) is 5.92 Å². The monoisotopic (exact) mass is 420 g/mol. The Hall–Kier alpha value is -2.38. The molecule has 0 aliphatic carbocycles. The first-order valence-electron chi connectivity index (χ1n) is 8.77. The van der Waals surface area contributed by atoms with Crippen LogP contribution in [-0.4, -0.2) is 26.0 Å². The van der Waals surface area contributed by atoms with E-state index in [1.165, 1.54) is 18.2 Å². The SMILES string of the molecule is Cc1cc(C)c(NC(=O)c2ccc(N3C(=O)[C@H](C)CS3(=O)=O)cc2Cl)c(C)c1. The van der Waals surface area contributed by atoms with Crippen molar-refractivity contribution >= 4 is 44.8 Å². The molecule has 3 rings (SSSR count). The van der Waals surface area contributed by atoms with E-state index in [9.17, 15) is 18.0 Å². The van der Waals surface area contributed by atoms with Crippen LogP contribution < -0.4 is 9.62 Å². The predicted octanol–water partition coefficient (Wildman–Crippen LogP) is 3.83. The summed E-state index contributed by atoms with van der Waals surface area (Å²) >= 11 is 6.26. The lowest BCUT2D eigenvalue weighted by Crippen LogP contribution is -2.30. The maximum Gasteiger partial charge on any atom is 0.257 e. The van der Waals surface area contributed by atoms with Gasteiger partial charge in [0.1, 0.15) is 0 Å². The second-order valence-corrected chi connectivity index (χ2v) is 9.44. The number of carbonyl (C=O) groups excluding carboxylic acids is 2. The average molecular weight is 421 g/mol. The van der Waals surface area contributed by atoms with Crippen molar-refractivity contribution in [1.82, 2.24) is 0 Å². The number of rotatable bonds is 3. The van der Waals surface area contributed by atoms with Crippen LogP contribution >= 0.6 is 11.6 Å². The van der Waals surface area contributed by atoms with Gasteiger partial charge in [0.25, 0.3) is 5.91 Å². The molecule has 8 heteroatoms. The van der Waals surface area contributed by atoms with Crippen molar-refractivity contribution < 1.29 is 18.0 Å². The molecule has 148 valence electrons. The molecule has 1 N–H and O–H groups in total. The van der Waals surface area contributed by atoms with Crippen LogP contribution in [0.5, 0.6) is 0 Å². The number of benzene rings is 2. The minimum absolute atomic E-state index is 0.0694. The normalized spacial score (nSPS) is 18.4. The first kappa shape index (κ1) is 20.4. The molecule has 0 aromatic heterocycles. The highest BCUT2D eigenvalue weighted by Gasteiger charge is 2.42. The van der Waals surface area contributed by atoms with Gasteiger partial charge in [0.2, 0.25) is 15.9 Å². The lowest BCUT2D eigenvalue weighted by molar-refractivity contribution is -0.119. The van der Waals surface area contributed by atoms with Crippen LogP contribution in [0.2, 0.25) is 5.02 Å². The van der Waals surface area contributed by atoms with E-state index in [-0.39, 0.29) is 22.0 Å². The summed E-state index contributed by atoms with van der Waals surface area (Å²) < 4.78 is 25.2. The number of carbonyl (C=O) groups is 2. The fraction of sp³-hybridized carbons (Fsp3) is 0.300. The lowest BCUT2D eigenvalue weighted by Gasteiger charge is -2.17. The van der Waals surface area contributed by atoms with Gasteiger partial charge in [-0.05, 0) is 50.1 Å². The maximum absolute atomic E-state index is 12.7. The van der Waals surface area contributed by atoms with E-state index >= 15 is 0 Å². The maximum atomic E-state index is 12.7. The summed E-state index contributed by atoms with van der Waals surface area (Å²) in [6.07, 6.45) is 0. The number of sulfonamides is 1. The molecule has 2 aromatic rings. The number of amides is 2. The molecular weight excluding hydrogens is 400 g/mol. The molecular formula is C20H21ClN2O4S. The molecule has 28 heavy (non-hydrogen) atoms. The second kappa shape index (κ2) is 7.22. The van der Waals surface area contributed by atoms with Crippen LogP contribution in [0.1, 0.15) is 34.0 Å². The minimum atomic E-state index is -3.73. The Labute approximate surface area is 169 Å². The number of anilines is 2. The van der Waals surface area contributed by atoms with Crippen LogP contribution in [0, 0.1) is 26.7 Å². The smallest absolute Gasteiger partial charge is 0.257 e. The standard InChI is InChI=1S/C20H21ClN2O4S/c1-11-7-12(2)18(13(3)8-11)22-19(24)16-6-5-15(9-17(16)21)23-20(25)14(4)10-28(23,26)27/h5-9,14H,10H2,1-4H3,(H,22,24)/t14-/m1/s1. The van der Waals surface area contributed by atoms with Crippen LogP contribution in [-0.2, 0) is 14.8 Å². The third-order valence-corrected chi connectivity index (χ3v) is 6.89. The van der Waals surface area contributed by atoms with Gasteiger partial charge in [-0.1, -0.05) is 36.2 Å². The van der Waals surface area contributed by atoms with Gasteiger partial charge >= 0.3 is 0 Å². The van der Waals surface area contributed by atoms with Crippen molar-refractivity contribution in [1.29, 1.82) is 0 Å². The molecule has 0 bridgehead atoms. The second-order valence-electron chi connectivity index (χ2n) is 7.17. The van der Waals surface area contributed by atoms with Gasteiger partial charge in [-0.3, -0.25) is 9.59 Å². The minimum Gasteiger partial charge on any atom is -0.321 e. The van der Waals surface area contributed by atoms with Crippen LogP contribution in [0.4, 0.5) is 11.4 Å². The topological polar surface area (TPSA) is 83.6 Å². The fourth-order valence-electron chi connectivity index (χ4n) is 3.46. The number of nitrogens with one attached hydrogen (secondary N) is 1. The third kappa shape index (κ3) is 3.64. The van der Waals surface area contributed by atoms with E-state index in [4.69, 9.17) is 11.6 Å². The van der Waals surface area contributed by atoms with Crippen molar-refractivity contribution in [3.05, 3.63) is 57.6 Å². The molecule has 1 heterocycles. The Bertz CT molecular complexity index is 1070. The van der Waals surface area contributed by atoms with Crippen molar-refractivity contribution in [2.75, 3.05) is 15.4 Å². The summed E-state index contributed by atoms with van der Waals surface area (Å²) in [4.78, 5) is 24.9. The Morgan fingerprint density at radius 3 is 2.25 bits per heavy atom. The van der Waals surface area contributed by atoms with Crippen LogP contribution in [0.25, 0.3) is 0 Å². The highest BCUT2D eigenvalue weighted by atomic mass is 35.5. The molecule has 2 aromatic carbocycles. The number of nitrogens with zero attached hydrogens (tertiary/aromatic N) is 1. The van der Waals surface area contributed by atoms with E-state index in [1.807, 2.05) is 32.9 Å². The third-order valence-electron chi connectivity index (χ3n) is 4.71. The molecule has 1 atom stereocenters. The highest BCUT2D eigenvalue weighted by Crippen LogP contribution is 2.32. The van der Waals surface area contributed by atoms with Crippen LogP contribution in [0.3, 0.4) is 0 Å². The zero-order valence-electron chi connectivity index (χ0n) is 16.0. The van der Waals surface area contributed by atoms with Gasteiger partial charge < -0.3 is 5.32 Å². The van der Waals surface area contributed by atoms with Gasteiger partial charge in [0, 0.05) is 5.69 Å². The molecule has 1 saturated heterocycles. The Morgan fingerprint density at radius 1 is 1.14 bits per heavy atom. The van der Waals surface area contributed by atoms with Gasteiger partial charge in [-0.15, -0.1) is 0 Å².